The molecule has 5 aliphatic rings. The van der Waals surface area contributed by atoms with Crippen LogP contribution >= 0.6 is 15.9 Å². The van der Waals surface area contributed by atoms with E-state index in [1.807, 2.05) is 4.68 Å². The van der Waals surface area contributed by atoms with Crippen molar-refractivity contribution in [2.24, 2.45) is 17.3 Å². The van der Waals surface area contributed by atoms with Crippen LogP contribution in [0, 0.1) is 17.3 Å². The molecular formula is C23H28BrF3N6O. The SMILES string of the molecule is O=C(NCCCn1nc(C(F)(F)F)cc1C1CC1)C12CC3CC(C1)CC(n1cnc(Br)n1)(C3)C2. The average molecular weight is 541 g/mol. The first kappa shape index (κ1) is 22.5. The fraction of sp³-hybridized carbons (Fsp3) is 0.739. The number of nitrogens with one attached hydrogen (secondary N) is 1. The first-order chi connectivity index (χ1) is 16.2. The van der Waals surface area contributed by atoms with E-state index in [-0.39, 0.29) is 17.4 Å². The van der Waals surface area contributed by atoms with Gasteiger partial charge in [-0.2, -0.15) is 18.3 Å². The maximum atomic E-state index is 13.5. The summed E-state index contributed by atoms with van der Waals surface area (Å²) in [6, 6.07) is 1.19. The molecule has 2 heterocycles. The Morgan fingerprint density at radius 3 is 2.53 bits per heavy atom. The highest BCUT2D eigenvalue weighted by molar-refractivity contribution is 9.10. The third kappa shape index (κ3) is 3.87. The lowest BCUT2D eigenvalue weighted by molar-refractivity contribution is -0.156. The Labute approximate surface area is 204 Å². The molecule has 2 aromatic heterocycles. The maximum absolute atomic E-state index is 13.5. The van der Waals surface area contributed by atoms with Crippen LogP contribution in [0.25, 0.3) is 0 Å². The zero-order valence-corrected chi connectivity index (χ0v) is 20.4. The summed E-state index contributed by atoms with van der Waals surface area (Å²) in [5, 5.41) is 11.5. The highest BCUT2D eigenvalue weighted by Gasteiger charge is 2.61. The standard InChI is InChI=1S/C23H28BrF3N6O/c24-20-29-13-33(31-20)22-10-14-6-15(11-22)9-21(8-14,12-22)19(34)28-4-1-5-32-17(16-2-3-16)7-18(30-32)23(25,26)27/h7,13-16H,1-6,8-12H2,(H,28,34). The molecule has 0 aliphatic heterocycles. The van der Waals surface area contributed by atoms with E-state index in [1.165, 1.54) is 17.2 Å². The number of halogens is 4. The molecule has 184 valence electrons. The van der Waals surface area contributed by atoms with Crippen LogP contribution in [-0.4, -0.2) is 37.0 Å². The van der Waals surface area contributed by atoms with Gasteiger partial charge in [0.2, 0.25) is 10.6 Å². The van der Waals surface area contributed by atoms with Crippen LogP contribution in [0.3, 0.4) is 0 Å². The molecule has 34 heavy (non-hydrogen) atoms. The molecule has 0 spiro atoms. The molecule has 7 rings (SSSR count). The predicted molar refractivity (Wildman–Crippen MR) is 120 cm³/mol. The number of carbonyl (C=O) groups excluding carboxylic acids is 1. The molecule has 5 fully saturated rings. The largest absolute Gasteiger partial charge is 0.435 e. The van der Waals surface area contributed by atoms with Crippen molar-refractivity contribution >= 4 is 21.8 Å². The van der Waals surface area contributed by atoms with Gasteiger partial charge in [-0.25, -0.2) is 9.67 Å². The van der Waals surface area contributed by atoms with Crippen LogP contribution < -0.4 is 5.32 Å². The monoisotopic (exact) mass is 540 g/mol. The third-order valence-electron chi connectivity index (χ3n) is 8.39. The summed E-state index contributed by atoms with van der Waals surface area (Å²) < 4.78 is 43.4. The molecule has 11 heteroatoms. The van der Waals surface area contributed by atoms with Crippen molar-refractivity contribution in [1.29, 1.82) is 0 Å². The van der Waals surface area contributed by atoms with Gasteiger partial charge < -0.3 is 5.32 Å². The van der Waals surface area contributed by atoms with E-state index in [0.29, 0.717) is 41.8 Å². The van der Waals surface area contributed by atoms with E-state index in [0.717, 1.165) is 44.9 Å². The first-order valence-corrected chi connectivity index (χ1v) is 13.0. The van der Waals surface area contributed by atoms with E-state index in [1.54, 1.807) is 6.33 Å². The van der Waals surface area contributed by atoms with Gasteiger partial charge in [0.05, 0.1) is 11.0 Å². The second-order valence-electron chi connectivity index (χ2n) is 11.0. The summed E-state index contributed by atoms with van der Waals surface area (Å²) in [6.45, 7) is 0.806. The van der Waals surface area contributed by atoms with Crippen LogP contribution in [0.15, 0.2) is 17.1 Å². The van der Waals surface area contributed by atoms with Gasteiger partial charge in [0.15, 0.2) is 5.69 Å². The molecule has 2 atom stereocenters. The summed E-state index contributed by atoms with van der Waals surface area (Å²) in [5.74, 6) is 1.30. The Hall–Kier alpha value is -1.91. The van der Waals surface area contributed by atoms with Crippen LogP contribution in [0.5, 0.6) is 0 Å². The fourth-order valence-corrected chi connectivity index (χ4v) is 7.56. The number of aryl methyl sites for hydroxylation is 1. The maximum Gasteiger partial charge on any atom is 0.435 e. The van der Waals surface area contributed by atoms with Crippen molar-refractivity contribution in [2.75, 3.05) is 6.54 Å². The lowest BCUT2D eigenvalue weighted by Gasteiger charge is -2.60. The highest BCUT2D eigenvalue weighted by atomic mass is 79.9. The molecule has 1 N–H and O–H groups in total. The number of aromatic nitrogens is 5. The fourth-order valence-electron chi connectivity index (χ4n) is 7.29. The number of carbonyl (C=O) groups is 1. The minimum absolute atomic E-state index is 0.0871. The molecular weight excluding hydrogens is 513 g/mol. The van der Waals surface area contributed by atoms with Gasteiger partial charge in [0.1, 0.15) is 6.33 Å². The van der Waals surface area contributed by atoms with Crippen LogP contribution in [0.1, 0.15) is 75.1 Å². The van der Waals surface area contributed by atoms with Crippen molar-refractivity contribution in [3.63, 3.8) is 0 Å². The summed E-state index contributed by atoms with van der Waals surface area (Å²) in [4.78, 5) is 17.7. The third-order valence-corrected chi connectivity index (χ3v) is 8.75. The lowest BCUT2D eigenvalue weighted by Crippen LogP contribution is -2.61. The van der Waals surface area contributed by atoms with E-state index in [9.17, 15) is 18.0 Å². The Morgan fingerprint density at radius 1 is 1.18 bits per heavy atom. The summed E-state index contributed by atoms with van der Waals surface area (Å²) >= 11 is 3.35. The van der Waals surface area contributed by atoms with Gasteiger partial charge >= 0.3 is 6.18 Å². The van der Waals surface area contributed by atoms with Gasteiger partial charge in [-0.05, 0) is 91.6 Å². The van der Waals surface area contributed by atoms with Crippen LogP contribution in [0.4, 0.5) is 13.2 Å². The summed E-state index contributed by atoms with van der Waals surface area (Å²) in [5.41, 5.74) is -0.697. The van der Waals surface area contributed by atoms with Gasteiger partial charge in [0.25, 0.3) is 0 Å². The topological polar surface area (TPSA) is 77.6 Å². The molecule has 0 radical (unpaired) electrons. The van der Waals surface area contributed by atoms with Crippen molar-refractivity contribution in [3.05, 3.63) is 28.5 Å². The van der Waals surface area contributed by atoms with E-state index < -0.39 is 17.3 Å². The Kier molecular flexibility index (Phi) is 5.17. The number of nitrogens with zero attached hydrogens (tertiary/aromatic N) is 5. The van der Waals surface area contributed by atoms with Crippen LogP contribution in [0.2, 0.25) is 0 Å². The van der Waals surface area contributed by atoms with Gasteiger partial charge in [-0.15, -0.1) is 5.10 Å². The number of hydrogen-bond acceptors (Lipinski definition) is 4. The number of amides is 1. The van der Waals surface area contributed by atoms with Gasteiger partial charge in [-0.3, -0.25) is 9.48 Å². The minimum atomic E-state index is -4.43. The summed E-state index contributed by atoms with van der Waals surface area (Å²) in [7, 11) is 0. The molecule has 0 saturated heterocycles. The minimum Gasteiger partial charge on any atom is -0.356 e. The first-order valence-electron chi connectivity index (χ1n) is 12.2. The molecule has 7 nitrogen and oxygen atoms in total. The molecule has 5 aliphatic carbocycles. The second-order valence-corrected chi connectivity index (χ2v) is 11.7. The Bertz CT molecular complexity index is 1090. The Morgan fingerprint density at radius 2 is 1.91 bits per heavy atom. The number of rotatable bonds is 7. The normalized spacial score (nSPS) is 32.4. The Balaban J connectivity index is 1.11. The lowest BCUT2D eigenvalue weighted by atomic mass is 9.46. The number of hydrogen-bond donors (Lipinski definition) is 1. The van der Waals surface area contributed by atoms with Gasteiger partial charge in [0, 0.05) is 24.7 Å². The average Bonchev–Trinajstić information content (AvgIpc) is 3.34. The van der Waals surface area contributed by atoms with E-state index in [4.69, 9.17) is 0 Å². The van der Waals surface area contributed by atoms with Gasteiger partial charge in [-0.1, -0.05) is 0 Å². The predicted octanol–water partition coefficient (Wildman–Crippen LogP) is 4.64. The van der Waals surface area contributed by atoms with E-state index in [2.05, 4.69) is 36.4 Å². The highest BCUT2D eigenvalue weighted by Crippen LogP contribution is 2.64. The van der Waals surface area contributed by atoms with E-state index >= 15 is 0 Å². The second kappa shape index (κ2) is 7.80. The zero-order valence-electron chi connectivity index (χ0n) is 18.8. The van der Waals surface area contributed by atoms with Crippen LogP contribution in [-0.2, 0) is 23.1 Å². The summed E-state index contributed by atoms with van der Waals surface area (Å²) in [6.07, 6.45) is 5.57. The quantitative estimate of drug-likeness (QED) is 0.519. The molecule has 0 aromatic carbocycles. The zero-order chi connectivity index (χ0) is 23.7. The van der Waals surface area contributed by atoms with Crippen molar-refractivity contribution in [2.45, 2.75) is 82.0 Å². The van der Waals surface area contributed by atoms with Crippen molar-refractivity contribution in [1.82, 2.24) is 29.9 Å². The smallest absolute Gasteiger partial charge is 0.356 e. The molecule has 5 saturated carbocycles. The van der Waals surface area contributed by atoms with Crippen molar-refractivity contribution < 1.29 is 18.0 Å². The molecule has 1 amide bonds. The number of alkyl halides is 3. The molecule has 4 bridgehead atoms. The molecule has 2 aromatic rings. The van der Waals surface area contributed by atoms with Crippen molar-refractivity contribution in [3.8, 4) is 0 Å². The molecule has 2 unspecified atom stereocenters.